The Balaban J connectivity index is 2.36. The summed E-state index contributed by atoms with van der Waals surface area (Å²) in [6.45, 7) is 3.45. The van der Waals surface area contributed by atoms with Crippen LogP contribution in [0.25, 0.3) is 0 Å². The van der Waals surface area contributed by atoms with E-state index in [-0.39, 0.29) is 4.90 Å². The Bertz CT molecular complexity index is 676. The molecule has 6 nitrogen and oxygen atoms in total. The van der Waals surface area contributed by atoms with Crippen molar-refractivity contribution in [3.05, 3.63) is 35.8 Å². The zero-order valence-corrected chi connectivity index (χ0v) is 11.2. The standard InChI is InChI=1S/C11H14N4O2S/c1-8-5-4-6-11(12-8)14-18(16,17)10-7-15(3)13-9(10)2/h4-7H,1-3H3,(H,12,14). The first-order chi connectivity index (χ1) is 8.38. The van der Waals surface area contributed by atoms with Crippen LogP contribution in [0.15, 0.2) is 29.3 Å². The molecule has 0 atom stereocenters. The molecule has 0 amide bonds. The molecule has 0 aliphatic heterocycles. The van der Waals surface area contributed by atoms with Crippen LogP contribution in [0.5, 0.6) is 0 Å². The number of aryl methyl sites for hydroxylation is 3. The van der Waals surface area contributed by atoms with Gasteiger partial charge >= 0.3 is 0 Å². The smallest absolute Gasteiger partial charge is 0.266 e. The number of rotatable bonds is 3. The van der Waals surface area contributed by atoms with E-state index in [1.54, 1.807) is 39.1 Å². The minimum Gasteiger partial charge on any atom is -0.274 e. The van der Waals surface area contributed by atoms with Gasteiger partial charge in [-0.15, -0.1) is 0 Å². The lowest BCUT2D eigenvalue weighted by atomic mass is 10.4. The lowest BCUT2D eigenvalue weighted by Gasteiger charge is -2.06. The van der Waals surface area contributed by atoms with Crippen molar-refractivity contribution in [3.8, 4) is 0 Å². The fourth-order valence-corrected chi connectivity index (χ4v) is 2.85. The summed E-state index contributed by atoms with van der Waals surface area (Å²) in [5.41, 5.74) is 1.20. The molecule has 0 saturated heterocycles. The Morgan fingerprint density at radius 3 is 2.56 bits per heavy atom. The van der Waals surface area contributed by atoms with Crippen molar-refractivity contribution in [3.63, 3.8) is 0 Å². The third-order valence-electron chi connectivity index (χ3n) is 2.39. The fraction of sp³-hybridized carbons (Fsp3) is 0.273. The van der Waals surface area contributed by atoms with Crippen molar-refractivity contribution in [2.75, 3.05) is 4.72 Å². The van der Waals surface area contributed by atoms with Crippen molar-refractivity contribution in [1.29, 1.82) is 0 Å². The summed E-state index contributed by atoms with van der Waals surface area (Å²) in [6.07, 6.45) is 1.47. The number of sulfonamides is 1. The molecule has 2 aromatic rings. The van der Waals surface area contributed by atoms with E-state index in [1.807, 2.05) is 0 Å². The van der Waals surface area contributed by atoms with Crippen LogP contribution in [0.3, 0.4) is 0 Å². The summed E-state index contributed by atoms with van der Waals surface area (Å²) in [5.74, 6) is 0.304. The fourth-order valence-electron chi connectivity index (χ4n) is 1.63. The Morgan fingerprint density at radius 2 is 2.00 bits per heavy atom. The monoisotopic (exact) mass is 266 g/mol. The highest BCUT2D eigenvalue weighted by Gasteiger charge is 2.20. The average Bonchev–Trinajstić information content (AvgIpc) is 2.58. The van der Waals surface area contributed by atoms with Crippen LogP contribution in [-0.4, -0.2) is 23.2 Å². The summed E-state index contributed by atoms with van der Waals surface area (Å²) in [5, 5.41) is 4.01. The predicted octanol–water partition coefficient (Wildman–Crippen LogP) is 1.23. The summed E-state index contributed by atoms with van der Waals surface area (Å²) >= 11 is 0. The highest BCUT2D eigenvalue weighted by molar-refractivity contribution is 7.92. The minimum absolute atomic E-state index is 0.160. The van der Waals surface area contributed by atoms with E-state index in [0.29, 0.717) is 11.5 Å². The highest BCUT2D eigenvalue weighted by atomic mass is 32.2. The van der Waals surface area contributed by atoms with Crippen molar-refractivity contribution in [2.45, 2.75) is 18.7 Å². The number of aromatic nitrogens is 3. The van der Waals surface area contributed by atoms with Gasteiger partial charge < -0.3 is 0 Å². The SMILES string of the molecule is Cc1cccc(NS(=O)(=O)c2cn(C)nc2C)n1. The van der Waals surface area contributed by atoms with Crippen LogP contribution < -0.4 is 4.72 Å². The molecule has 7 heteroatoms. The largest absolute Gasteiger partial charge is 0.274 e. The number of nitrogens with one attached hydrogen (secondary N) is 1. The van der Waals surface area contributed by atoms with Gasteiger partial charge in [0.25, 0.3) is 10.0 Å². The van der Waals surface area contributed by atoms with Crippen molar-refractivity contribution < 1.29 is 8.42 Å². The second-order valence-corrected chi connectivity index (χ2v) is 5.67. The van der Waals surface area contributed by atoms with Gasteiger partial charge in [0, 0.05) is 18.9 Å². The van der Waals surface area contributed by atoms with E-state index in [0.717, 1.165) is 5.69 Å². The van der Waals surface area contributed by atoms with E-state index >= 15 is 0 Å². The Hall–Kier alpha value is -1.89. The molecule has 0 bridgehead atoms. The molecule has 0 aliphatic rings. The third-order valence-corrected chi connectivity index (χ3v) is 3.84. The number of anilines is 1. The highest BCUT2D eigenvalue weighted by Crippen LogP contribution is 2.16. The van der Waals surface area contributed by atoms with Crippen molar-refractivity contribution >= 4 is 15.8 Å². The topological polar surface area (TPSA) is 76.9 Å². The van der Waals surface area contributed by atoms with E-state index in [2.05, 4.69) is 14.8 Å². The van der Waals surface area contributed by atoms with Crippen LogP contribution >= 0.6 is 0 Å². The summed E-state index contributed by atoms with van der Waals surface area (Å²) in [6, 6.07) is 5.15. The van der Waals surface area contributed by atoms with Gasteiger partial charge in [0.1, 0.15) is 10.7 Å². The van der Waals surface area contributed by atoms with Gasteiger partial charge in [-0.1, -0.05) is 6.07 Å². The molecule has 18 heavy (non-hydrogen) atoms. The van der Waals surface area contributed by atoms with Crippen LogP contribution in [0, 0.1) is 13.8 Å². The molecular weight excluding hydrogens is 252 g/mol. The number of hydrogen-bond donors (Lipinski definition) is 1. The van der Waals surface area contributed by atoms with Gasteiger partial charge in [0.2, 0.25) is 0 Å². The van der Waals surface area contributed by atoms with Crippen LogP contribution in [-0.2, 0) is 17.1 Å². The second-order valence-electron chi connectivity index (χ2n) is 4.02. The Labute approximate surface area is 106 Å². The van der Waals surface area contributed by atoms with Gasteiger partial charge in [0.05, 0.1) is 5.69 Å². The molecule has 2 aromatic heterocycles. The molecule has 0 unspecified atom stereocenters. The molecule has 96 valence electrons. The van der Waals surface area contributed by atoms with E-state index in [9.17, 15) is 8.42 Å². The summed E-state index contributed by atoms with van der Waals surface area (Å²) in [4.78, 5) is 4.26. The van der Waals surface area contributed by atoms with E-state index in [4.69, 9.17) is 0 Å². The van der Waals surface area contributed by atoms with Crippen molar-refractivity contribution in [2.24, 2.45) is 7.05 Å². The lowest BCUT2D eigenvalue weighted by Crippen LogP contribution is -2.14. The molecular formula is C11H14N4O2S. The first kappa shape index (κ1) is 12.6. The number of hydrogen-bond acceptors (Lipinski definition) is 4. The van der Waals surface area contributed by atoms with Gasteiger partial charge in [0.15, 0.2) is 0 Å². The molecule has 0 radical (unpaired) electrons. The quantitative estimate of drug-likeness (QED) is 0.906. The van der Waals surface area contributed by atoms with E-state index in [1.165, 1.54) is 10.9 Å². The van der Waals surface area contributed by atoms with Gasteiger partial charge in [-0.25, -0.2) is 13.4 Å². The minimum atomic E-state index is -3.64. The van der Waals surface area contributed by atoms with Gasteiger partial charge in [-0.3, -0.25) is 9.40 Å². The zero-order valence-electron chi connectivity index (χ0n) is 10.4. The maximum Gasteiger partial charge on any atom is 0.266 e. The number of nitrogens with zero attached hydrogens (tertiary/aromatic N) is 3. The first-order valence-corrected chi connectivity index (χ1v) is 6.83. The average molecular weight is 266 g/mol. The molecule has 0 fully saturated rings. The van der Waals surface area contributed by atoms with Crippen LogP contribution in [0.4, 0.5) is 5.82 Å². The summed E-state index contributed by atoms with van der Waals surface area (Å²) < 4.78 is 28.2. The third kappa shape index (κ3) is 2.51. The van der Waals surface area contributed by atoms with Crippen molar-refractivity contribution in [1.82, 2.24) is 14.8 Å². The summed E-state index contributed by atoms with van der Waals surface area (Å²) in [7, 11) is -1.96. The van der Waals surface area contributed by atoms with Gasteiger partial charge in [-0.2, -0.15) is 5.10 Å². The van der Waals surface area contributed by atoms with Gasteiger partial charge in [-0.05, 0) is 26.0 Å². The Morgan fingerprint density at radius 1 is 1.28 bits per heavy atom. The second kappa shape index (κ2) is 4.41. The molecule has 0 saturated carbocycles. The Kier molecular flexibility index (Phi) is 3.08. The molecule has 0 aromatic carbocycles. The first-order valence-electron chi connectivity index (χ1n) is 5.35. The molecule has 2 rings (SSSR count). The predicted molar refractivity (Wildman–Crippen MR) is 67.7 cm³/mol. The normalized spacial score (nSPS) is 11.5. The maximum atomic E-state index is 12.1. The molecule has 2 heterocycles. The van der Waals surface area contributed by atoms with Crippen LogP contribution in [0.2, 0.25) is 0 Å². The zero-order chi connectivity index (χ0) is 13.3. The van der Waals surface area contributed by atoms with E-state index < -0.39 is 10.0 Å². The maximum absolute atomic E-state index is 12.1. The molecule has 0 aliphatic carbocycles. The van der Waals surface area contributed by atoms with Crippen LogP contribution in [0.1, 0.15) is 11.4 Å². The molecule has 0 spiro atoms. The molecule has 1 N–H and O–H groups in total. The number of pyridine rings is 1. The lowest BCUT2D eigenvalue weighted by molar-refractivity contribution is 0.600.